The lowest BCUT2D eigenvalue weighted by Gasteiger charge is -2.10. The fourth-order valence-electron chi connectivity index (χ4n) is 1.32. The van der Waals surface area contributed by atoms with Crippen LogP contribution in [-0.4, -0.2) is 45.5 Å². The minimum Gasteiger partial charge on any atom is -0.377 e. The third kappa shape index (κ3) is 6.91. The fourth-order valence-corrected chi connectivity index (χ4v) is 1.32. The summed E-state index contributed by atoms with van der Waals surface area (Å²) in [7, 11) is 1.65. The second kappa shape index (κ2) is 9.17. The van der Waals surface area contributed by atoms with Gasteiger partial charge in [-0.05, 0) is 12.8 Å². The quantitative estimate of drug-likeness (QED) is 0.330. The highest BCUT2D eigenvalue weighted by atomic mass is 127. The van der Waals surface area contributed by atoms with E-state index in [1.54, 1.807) is 7.05 Å². The van der Waals surface area contributed by atoms with Crippen LogP contribution < -0.4 is 11.1 Å². The Labute approximate surface area is 108 Å². The number of aliphatic imine (C=N–C) groups is 1. The van der Waals surface area contributed by atoms with Crippen molar-refractivity contribution in [3.8, 4) is 0 Å². The Morgan fingerprint density at radius 3 is 3.07 bits per heavy atom. The third-order valence-electron chi connectivity index (χ3n) is 2.12. The number of nitrogens with zero attached hydrogens (tertiary/aromatic N) is 1. The van der Waals surface area contributed by atoms with Crippen molar-refractivity contribution >= 4 is 29.9 Å². The van der Waals surface area contributed by atoms with Crippen molar-refractivity contribution in [2.75, 3.05) is 33.4 Å². The summed E-state index contributed by atoms with van der Waals surface area (Å²) in [4.78, 5) is 3.77. The van der Waals surface area contributed by atoms with Gasteiger partial charge in [0.05, 0.1) is 19.3 Å². The fraction of sp³-hybridized carbons (Fsp3) is 0.889. The monoisotopic (exact) mass is 329 g/mol. The molecule has 1 aliphatic rings. The summed E-state index contributed by atoms with van der Waals surface area (Å²) in [6.07, 6.45) is 2.57. The van der Waals surface area contributed by atoms with Gasteiger partial charge >= 0.3 is 0 Å². The van der Waals surface area contributed by atoms with Crippen LogP contribution in [0.5, 0.6) is 0 Å². The minimum atomic E-state index is 0. The molecule has 1 heterocycles. The Hall–Kier alpha value is -0.0800. The smallest absolute Gasteiger partial charge is 0.188 e. The molecule has 5 nitrogen and oxygen atoms in total. The SMILES string of the molecule is CN=C(N)NCCOCC1CCCO1.I. The molecule has 90 valence electrons. The number of guanidine groups is 1. The van der Waals surface area contributed by atoms with Gasteiger partial charge < -0.3 is 20.5 Å². The van der Waals surface area contributed by atoms with Crippen molar-refractivity contribution in [1.29, 1.82) is 0 Å². The summed E-state index contributed by atoms with van der Waals surface area (Å²) in [5.41, 5.74) is 5.44. The van der Waals surface area contributed by atoms with Gasteiger partial charge in [0, 0.05) is 20.2 Å². The van der Waals surface area contributed by atoms with Crippen LogP contribution in [-0.2, 0) is 9.47 Å². The second-order valence-electron chi connectivity index (χ2n) is 3.25. The lowest BCUT2D eigenvalue weighted by molar-refractivity contribution is 0.0191. The molecule has 1 saturated heterocycles. The van der Waals surface area contributed by atoms with E-state index < -0.39 is 0 Å². The van der Waals surface area contributed by atoms with E-state index in [4.69, 9.17) is 15.2 Å². The van der Waals surface area contributed by atoms with E-state index in [0.717, 1.165) is 19.4 Å². The first-order valence-corrected chi connectivity index (χ1v) is 4.98. The molecule has 0 aromatic rings. The van der Waals surface area contributed by atoms with E-state index in [1.807, 2.05) is 0 Å². The predicted molar refractivity (Wildman–Crippen MR) is 70.8 cm³/mol. The molecule has 0 aromatic carbocycles. The van der Waals surface area contributed by atoms with Crippen molar-refractivity contribution < 1.29 is 9.47 Å². The van der Waals surface area contributed by atoms with Crippen LogP contribution in [0.1, 0.15) is 12.8 Å². The number of nitrogens with two attached hydrogens (primary N) is 1. The Bertz CT molecular complexity index is 184. The molecule has 0 aromatic heterocycles. The molecule has 1 fully saturated rings. The number of nitrogens with one attached hydrogen (secondary N) is 1. The Kier molecular flexibility index (Phi) is 9.12. The molecule has 0 bridgehead atoms. The molecule has 3 N–H and O–H groups in total. The van der Waals surface area contributed by atoms with E-state index >= 15 is 0 Å². The molecule has 0 radical (unpaired) electrons. The molecule has 0 spiro atoms. The first-order chi connectivity index (χ1) is 6.83. The lowest BCUT2D eigenvalue weighted by atomic mass is 10.2. The predicted octanol–water partition coefficient (Wildman–Crippen LogP) is 0.334. The average Bonchev–Trinajstić information content (AvgIpc) is 2.69. The third-order valence-corrected chi connectivity index (χ3v) is 2.12. The zero-order chi connectivity index (χ0) is 10.2. The van der Waals surface area contributed by atoms with Gasteiger partial charge in [0.1, 0.15) is 0 Å². The van der Waals surface area contributed by atoms with Gasteiger partial charge in [-0.25, -0.2) is 0 Å². The van der Waals surface area contributed by atoms with Crippen LogP contribution in [0, 0.1) is 0 Å². The molecule has 1 rings (SSSR count). The topological polar surface area (TPSA) is 68.9 Å². The molecular weight excluding hydrogens is 309 g/mol. The highest BCUT2D eigenvalue weighted by Gasteiger charge is 2.14. The van der Waals surface area contributed by atoms with Crippen molar-refractivity contribution in [3.63, 3.8) is 0 Å². The summed E-state index contributed by atoms with van der Waals surface area (Å²) >= 11 is 0. The maximum Gasteiger partial charge on any atom is 0.188 e. The number of hydrogen-bond donors (Lipinski definition) is 2. The van der Waals surface area contributed by atoms with E-state index in [-0.39, 0.29) is 24.0 Å². The molecule has 1 aliphatic heterocycles. The maximum absolute atomic E-state index is 5.44. The normalized spacial score (nSPS) is 21.1. The summed E-state index contributed by atoms with van der Waals surface area (Å²) in [5.74, 6) is 0.450. The van der Waals surface area contributed by atoms with Crippen LogP contribution in [0.15, 0.2) is 4.99 Å². The van der Waals surface area contributed by atoms with Gasteiger partial charge in [0.2, 0.25) is 0 Å². The zero-order valence-corrected chi connectivity index (χ0v) is 11.4. The largest absolute Gasteiger partial charge is 0.377 e. The van der Waals surface area contributed by atoms with Crippen LogP contribution in [0.2, 0.25) is 0 Å². The molecule has 0 aliphatic carbocycles. The number of rotatable bonds is 5. The van der Waals surface area contributed by atoms with Crippen molar-refractivity contribution in [1.82, 2.24) is 5.32 Å². The van der Waals surface area contributed by atoms with E-state index in [1.165, 1.54) is 0 Å². The minimum absolute atomic E-state index is 0. The van der Waals surface area contributed by atoms with Gasteiger partial charge in [-0.2, -0.15) is 0 Å². The summed E-state index contributed by atoms with van der Waals surface area (Å²) < 4.78 is 10.8. The Balaban J connectivity index is 0.00000196. The Morgan fingerprint density at radius 2 is 2.47 bits per heavy atom. The van der Waals surface area contributed by atoms with Gasteiger partial charge in [0.15, 0.2) is 5.96 Å². The van der Waals surface area contributed by atoms with Gasteiger partial charge in [-0.3, -0.25) is 4.99 Å². The number of halogens is 1. The molecule has 6 heteroatoms. The van der Waals surface area contributed by atoms with Gasteiger partial charge in [-0.15, -0.1) is 24.0 Å². The molecule has 1 unspecified atom stereocenters. The molecule has 15 heavy (non-hydrogen) atoms. The van der Waals surface area contributed by atoms with Crippen molar-refractivity contribution in [3.05, 3.63) is 0 Å². The Morgan fingerprint density at radius 1 is 1.67 bits per heavy atom. The zero-order valence-electron chi connectivity index (χ0n) is 9.07. The highest BCUT2D eigenvalue weighted by molar-refractivity contribution is 14.0. The van der Waals surface area contributed by atoms with Crippen LogP contribution in [0.4, 0.5) is 0 Å². The average molecular weight is 329 g/mol. The maximum atomic E-state index is 5.44. The molecular formula is C9H20IN3O2. The second-order valence-corrected chi connectivity index (χ2v) is 3.25. The standard InChI is InChI=1S/C9H19N3O2.HI/c1-11-9(10)12-4-6-13-7-8-3-2-5-14-8;/h8H,2-7H2,1H3,(H3,10,11,12);1H. The van der Waals surface area contributed by atoms with Crippen LogP contribution in [0.25, 0.3) is 0 Å². The first-order valence-electron chi connectivity index (χ1n) is 4.98. The van der Waals surface area contributed by atoms with Crippen LogP contribution >= 0.6 is 24.0 Å². The number of ether oxygens (including phenoxy) is 2. The summed E-state index contributed by atoms with van der Waals surface area (Å²) in [5, 5.41) is 2.92. The van der Waals surface area contributed by atoms with E-state index in [9.17, 15) is 0 Å². The van der Waals surface area contributed by atoms with E-state index in [2.05, 4.69) is 10.3 Å². The highest BCUT2D eigenvalue weighted by Crippen LogP contribution is 2.11. The van der Waals surface area contributed by atoms with Gasteiger partial charge in [-0.1, -0.05) is 0 Å². The molecule has 0 saturated carbocycles. The van der Waals surface area contributed by atoms with Crippen molar-refractivity contribution in [2.45, 2.75) is 18.9 Å². The molecule has 0 amide bonds. The van der Waals surface area contributed by atoms with Gasteiger partial charge in [0.25, 0.3) is 0 Å². The van der Waals surface area contributed by atoms with E-state index in [0.29, 0.717) is 31.8 Å². The van der Waals surface area contributed by atoms with Crippen molar-refractivity contribution in [2.24, 2.45) is 10.7 Å². The number of hydrogen-bond acceptors (Lipinski definition) is 3. The first kappa shape index (κ1) is 14.9. The summed E-state index contributed by atoms with van der Waals surface area (Å²) in [6, 6.07) is 0. The summed E-state index contributed by atoms with van der Waals surface area (Å²) in [6.45, 7) is 2.89. The molecule has 1 atom stereocenters. The van der Waals surface area contributed by atoms with Crippen LogP contribution in [0.3, 0.4) is 0 Å². The lowest BCUT2D eigenvalue weighted by Crippen LogP contribution is -2.34.